The van der Waals surface area contributed by atoms with Gasteiger partial charge in [0.15, 0.2) is 16.9 Å². The summed E-state index contributed by atoms with van der Waals surface area (Å²) in [5.74, 6) is -0.631. The van der Waals surface area contributed by atoms with Crippen molar-refractivity contribution in [1.82, 2.24) is 14.5 Å². The van der Waals surface area contributed by atoms with Crippen LogP contribution in [-0.2, 0) is 4.74 Å². The number of fused-ring (bicyclic) bond motifs is 1. The van der Waals surface area contributed by atoms with Crippen LogP contribution < -0.4 is 5.73 Å². The van der Waals surface area contributed by atoms with Crippen LogP contribution in [0.4, 0.5) is 5.69 Å². The molecule has 0 amide bonds. The van der Waals surface area contributed by atoms with E-state index in [2.05, 4.69) is 9.97 Å². The van der Waals surface area contributed by atoms with Gasteiger partial charge in [-0.15, -0.1) is 0 Å². The van der Waals surface area contributed by atoms with E-state index in [4.69, 9.17) is 14.9 Å². The standard InChI is InChI=1S/C19H13N5O4/c1-27-19(26)16-15(21)10(8-20)9-24(16)11-4-5-12(13(25)7-11)18-23-17-14(28-18)3-2-6-22-17/h2-7,9,25H,21H2,1H3. The van der Waals surface area contributed by atoms with Crippen molar-refractivity contribution in [3.63, 3.8) is 0 Å². The number of hydrogen-bond acceptors (Lipinski definition) is 8. The highest BCUT2D eigenvalue weighted by Crippen LogP contribution is 2.33. The number of hydrogen-bond donors (Lipinski definition) is 2. The summed E-state index contributed by atoms with van der Waals surface area (Å²) in [6.45, 7) is 0. The van der Waals surface area contributed by atoms with Gasteiger partial charge in [-0.25, -0.2) is 9.78 Å². The quantitative estimate of drug-likeness (QED) is 0.521. The Balaban J connectivity index is 1.83. The smallest absolute Gasteiger partial charge is 0.357 e. The van der Waals surface area contributed by atoms with Crippen molar-refractivity contribution >= 4 is 22.9 Å². The molecule has 138 valence electrons. The Labute approximate surface area is 158 Å². The molecular formula is C19H13N5O4. The average Bonchev–Trinajstić information content (AvgIpc) is 3.28. The van der Waals surface area contributed by atoms with Gasteiger partial charge >= 0.3 is 5.97 Å². The molecule has 0 radical (unpaired) electrons. The molecule has 0 saturated heterocycles. The zero-order valence-corrected chi connectivity index (χ0v) is 14.6. The summed E-state index contributed by atoms with van der Waals surface area (Å²) in [4.78, 5) is 20.5. The van der Waals surface area contributed by atoms with Crippen LogP contribution in [0.2, 0.25) is 0 Å². The van der Waals surface area contributed by atoms with Gasteiger partial charge in [0.25, 0.3) is 0 Å². The summed E-state index contributed by atoms with van der Waals surface area (Å²) in [6.07, 6.45) is 2.99. The highest BCUT2D eigenvalue weighted by molar-refractivity contribution is 5.96. The number of nitriles is 1. The lowest BCUT2D eigenvalue weighted by atomic mass is 10.1. The molecular weight excluding hydrogens is 362 g/mol. The fourth-order valence-electron chi connectivity index (χ4n) is 2.85. The topological polar surface area (TPSA) is 140 Å². The van der Waals surface area contributed by atoms with E-state index in [0.29, 0.717) is 22.5 Å². The SMILES string of the molecule is COC(=O)c1c(N)c(C#N)cn1-c1ccc(-c2nc3ncccc3o2)c(O)c1. The van der Waals surface area contributed by atoms with Crippen molar-refractivity contribution in [3.05, 3.63) is 54.0 Å². The summed E-state index contributed by atoms with van der Waals surface area (Å²) >= 11 is 0. The maximum absolute atomic E-state index is 12.1. The molecule has 9 heteroatoms. The van der Waals surface area contributed by atoms with Gasteiger partial charge in [-0.05, 0) is 24.3 Å². The first-order valence-corrected chi connectivity index (χ1v) is 8.08. The molecule has 0 fully saturated rings. The van der Waals surface area contributed by atoms with Crippen LogP contribution in [0.25, 0.3) is 28.4 Å². The van der Waals surface area contributed by atoms with Crippen LogP contribution in [0.15, 0.2) is 47.1 Å². The van der Waals surface area contributed by atoms with Crippen molar-refractivity contribution < 1.29 is 19.1 Å². The normalized spacial score (nSPS) is 10.7. The summed E-state index contributed by atoms with van der Waals surface area (Å²) in [6, 6.07) is 9.98. The zero-order chi connectivity index (χ0) is 19.8. The van der Waals surface area contributed by atoms with Gasteiger partial charge in [0.1, 0.15) is 11.8 Å². The van der Waals surface area contributed by atoms with Gasteiger partial charge in [-0.1, -0.05) is 0 Å². The van der Waals surface area contributed by atoms with Gasteiger partial charge in [0, 0.05) is 24.1 Å². The van der Waals surface area contributed by atoms with Crippen LogP contribution >= 0.6 is 0 Å². The minimum atomic E-state index is -0.701. The molecule has 3 heterocycles. The molecule has 0 spiro atoms. The minimum absolute atomic E-state index is 0.00254. The Bertz CT molecular complexity index is 1230. The third kappa shape index (κ3) is 2.60. The molecule has 0 aliphatic carbocycles. The van der Waals surface area contributed by atoms with Crippen molar-refractivity contribution in [2.75, 3.05) is 12.8 Å². The van der Waals surface area contributed by atoms with E-state index in [1.165, 1.54) is 23.9 Å². The molecule has 0 aliphatic rings. The number of phenolic OH excluding ortho intramolecular Hbond substituents is 1. The monoisotopic (exact) mass is 375 g/mol. The van der Waals surface area contributed by atoms with Gasteiger partial charge in [0.2, 0.25) is 5.89 Å². The highest BCUT2D eigenvalue weighted by atomic mass is 16.5. The number of nitrogens with zero attached hydrogens (tertiary/aromatic N) is 4. The summed E-state index contributed by atoms with van der Waals surface area (Å²) in [7, 11) is 1.22. The number of oxazole rings is 1. The molecule has 3 aromatic heterocycles. The van der Waals surface area contributed by atoms with Crippen molar-refractivity contribution in [1.29, 1.82) is 5.26 Å². The van der Waals surface area contributed by atoms with E-state index in [9.17, 15) is 15.2 Å². The van der Waals surface area contributed by atoms with Crippen LogP contribution in [0.1, 0.15) is 16.1 Å². The number of nitrogen functional groups attached to an aromatic ring is 1. The number of aromatic hydroxyl groups is 1. The van der Waals surface area contributed by atoms with Crippen molar-refractivity contribution in [3.8, 4) is 29.0 Å². The number of anilines is 1. The van der Waals surface area contributed by atoms with Gasteiger partial charge < -0.3 is 24.6 Å². The molecule has 1 aromatic carbocycles. The fraction of sp³-hybridized carbons (Fsp3) is 0.0526. The fourth-order valence-corrected chi connectivity index (χ4v) is 2.85. The van der Waals surface area contributed by atoms with Crippen LogP contribution in [-0.4, -0.2) is 32.7 Å². The van der Waals surface area contributed by atoms with Crippen LogP contribution in [0, 0.1) is 11.3 Å². The molecule has 9 nitrogen and oxygen atoms in total. The Kier molecular flexibility index (Phi) is 3.94. The number of carbonyl (C=O) groups excluding carboxylic acids is 1. The van der Waals surface area contributed by atoms with Crippen molar-refractivity contribution in [2.24, 2.45) is 0 Å². The Hall–Kier alpha value is -4.32. The first-order chi connectivity index (χ1) is 13.5. The Morgan fingerprint density at radius 2 is 2.21 bits per heavy atom. The summed E-state index contributed by atoms with van der Waals surface area (Å²) in [5, 5.41) is 19.7. The number of carbonyl (C=O) groups is 1. The number of esters is 1. The first kappa shape index (κ1) is 17.1. The number of methoxy groups -OCH3 is 1. The molecule has 3 N–H and O–H groups in total. The average molecular weight is 375 g/mol. The zero-order valence-electron chi connectivity index (χ0n) is 14.6. The number of rotatable bonds is 3. The number of pyridine rings is 1. The number of benzene rings is 1. The van der Waals surface area contributed by atoms with Gasteiger partial charge in [-0.3, -0.25) is 0 Å². The lowest BCUT2D eigenvalue weighted by Crippen LogP contribution is -2.11. The second kappa shape index (κ2) is 6.44. The first-order valence-electron chi connectivity index (χ1n) is 8.08. The largest absolute Gasteiger partial charge is 0.507 e. The second-order valence-electron chi connectivity index (χ2n) is 5.82. The number of nitrogens with two attached hydrogens (primary N) is 1. The predicted octanol–water partition coefficient (Wildman–Crippen LogP) is 2.63. The van der Waals surface area contributed by atoms with Gasteiger partial charge in [-0.2, -0.15) is 10.2 Å². The summed E-state index contributed by atoms with van der Waals surface area (Å²) in [5.41, 5.74) is 7.68. The van der Waals surface area contributed by atoms with E-state index in [1.807, 2.05) is 6.07 Å². The predicted molar refractivity (Wildman–Crippen MR) is 98.7 cm³/mol. The highest BCUT2D eigenvalue weighted by Gasteiger charge is 2.22. The maximum atomic E-state index is 12.1. The van der Waals surface area contributed by atoms with Crippen molar-refractivity contribution in [2.45, 2.75) is 0 Å². The van der Waals surface area contributed by atoms with Crippen LogP contribution in [0.5, 0.6) is 5.75 Å². The maximum Gasteiger partial charge on any atom is 0.357 e. The molecule has 4 aromatic rings. The Morgan fingerprint density at radius 1 is 1.39 bits per heavy atom. The molecule has 0 atom stereocenters. The van der Waals surface area contributed by atoms with E-state index in [0.717, 1.165) is 0 Å². The molecule has 0 bridgehead atoms. The second-order valence-corrected chi connectivity index (χ2v) is 5.82. The lowest BCUT2D eigenvalue weighted by Gasteiger charge is -2.10. The van der Waals surface area contributed by atoms with E-state index < -0.39 is 5.97 Å². The van der Waals surface area contributed by atoms with Gasteiger partial charge in [0.05, 0.1) is 23.9 Å². The Morgan fingerprint density at radius 3 is 2.89 bits per heavy atom. The number of phenols is 1. The van der Waals surface area contributed by atoms with E-state index >= 15 is 0 Å². The minimum Gasteiger partial charge on any atom is -0.507 e. The number of aromatic nitrogens is 3. The lowest BCUT2D eigenvalue weighted by molar-refractivity contribution is 0.0593. The van der Waals surface area contributed by atoms with Crippen LogP contribution in [0.3, 0.4) is 0 Å². The number of ether oxygens (including phenoxy) is 1. The van der Waals surface area contributed by atoms with E-state index in [-0.39, 0.29) is 28.6 Å². The molecule has 28 heavy (non-hydrogen) atoms. The summed E-state index contributed by atoms with van der Waals surface area (Å²) < 4.78 is 11.8. The third-order valence-electron chi connectivity index (χ3n) is 4.20. The van der Waals surface area contributed by atoms with E-state index in [1.54, 1.807) is 30.5 Å². The third-order valence-corrected chi connectivity index (χ3v) is 4.20. The molecule has 0 unspecified atom stereocenters. The molecule has 4 rings (SSSR count). The molecule has 0 aliphatic heterocycles. The molecule has 0 saturated carbocycles.